The number of hydrogen-bond donors (Lipinski definition) is 0. The van der Waals surface area contributed by atoms with Crippen LogP contribution in [0.1, 0.15) is 36.3 Å². The maximum absolute atomic E-state index is 12.7. The number of amides is 1. The molecular formula is C16H20ClNO. The first-order valence-corrected chi connectivity index (χ1v) is 7.75. The fourth-order valence-corrected chi connectivity index (χ4v) is 3.64. The van der Waals surface area contributed by atoms with Crippen molar-refractivity contribution in [2.24, 2.45) is 5.92 Å². The summed E-state index contributed by atoms with van der Waals surface area (Å²) in [6.07, 6.45) is 4.30. The molecule has 1 aliphatic carbocycles. The highest BCUT2D eigenvalue weighted by atomic mass is 35.5. The molecule has 1 aromatic rings. The average Bonchev–Trinajstić information content (AvgIpc) is 2.95. The molecule has 0 aromatic heterocycles. The summed E-state index contributed by atoms with van der Waals surface area (Å²) >= 11 is 5.91. The van der Waals surface area contributed by atoms with E-state index in [4.69, 9.17) is 11.6 Å². The summed E-state index contributed by atoms with van der Waals surface area (Å²) in [4.78, 5) is 14.7. The van der Waals surface area contributed by atoms with Crippen molar-refractivity contribution >= 4 is 17.5 Å². The summed E-state index contributed by atoms with van der Waals surface area (Å²) in [5.41, 5.74) is 2.62. The lowest BCUT2D eigenvalue weighted by Crippen LogP contribution is -2.35. The number of hydrogen-bond acceptors (Lipinski definition) is 1. The zero-order valence-electron chi connectivity index (χ0n) is 11.1. The normalized spacial score (nSPS) is 26.3. The third-order valence-corrected chi connectivity index (χ3v) is 4.92. The summed E-state index contributed by atoms with van der Waals surface area (Å²) in [7, 11) is 0. The van der Waals surface area contributed by atoms with E-state index in [-0.39, 0.29) is 5.92 Å². The number of rotatable bonds is 2. The molecule has 0 saturated carbocycles. The summed E-state index contributed by atoms with van der Waals surface area (Å²) in [6, 6.07) is 8.42. The average molecular weight is 278 g/mol. The Kier molecular flexibility index (Phi) is 3.79. The Hall–Kier alpha value is -1.02. The second-order valence-corrected chi connectivity index (χ2v) is 6.05. The molecular weight excluding hydrogens is 258 g/mol. The van der Waals surface area contributed by atoms with Crippen LogP contribution in [0.4, 0.5) is 0 Å². The van der Waals surface area contributed by atoms with Gasteiger partial charge >= 0.3 is 0 Å². The van der Waals surface area contributed by atoms with Crippen molar-refractivity contribution in [1.29, 1.82) is 0 Å². The number of likely N-dealkylation sites (tertiary alicyclic amines) is 1. The van der Waals surface area contributed by atoms with E-state index >= 15 is 0 Å². The molecule has 1 fully saturated rings. The van der Waals surface area contributed by atoms with Crippen LogP contribution in [0.25, 0.3) is 0 Å². The molecule has 1 saturated heterocycles. The molecule has 2 aliphatic rings. The lowest BCUT2D eigenvalue weighted by molar-refractivity contribution is -0.132. The predicted molar refractivity (Wildman–Crippen MR) is 77.5 cm³/mol. The topological polar surface area (TPSA) is 20.3 Å². The first-order valence-electron chi connectivity index (χ1n) is 7.22. The maximum atomic E-state index is 12.7. The molecule has 1 heterocycles. The van der Waals surface area contributed by atoms with Crippen LogP contribution in [0.3, 0.4) is 0 Å². The van der Waals surface area contributed by atoms with Crippen molar-refractivity contribution in [3.8, 4) is 0 Å². The highest BCUT2D eigenvalue weighted by Crippen LogP contribution is 2.34. The first-order chi connectivity index (χ1) is 9.29. The summed E-state index contributed by atoms with van der Waals surface area (Å²) in [6.45, 7) is 1.73. The van der Waals surface area contributed by atoms with E-state index in [2.05, 4.69) is 24.3 Å². The van der Waals surface area contributed by atoms with Crippen LogP contribution in [-0.4, -0.2) is 29.8 Å². The molecule has 0 bridgehead atoms. The van der Waals surface area contributed by atoms with Gasteiger partial charge in [0.25, 0.3) is 0 Å². The van der Waals surface area contributed by atoms with E-state index in [1.54, 1.807) is 0 Å². The first kappa shape index (κ1) is 13.0. The third-order valence-electron chi connectivity index (χ3n) is 4.48. The standard InChI is InChI=1S/C16H20ClNO/c17-10-12-8-9-18(11-12)16(19)15-7-3-5-13-4-1-2-6-14(13)15/h1-2,4,6,12,15H,3,5,7-11H2. The summed E-state index contributed by atoms with van der Waals surface area (Å²) in [5, 5.41) is 0. The summed E-state index contributed by atoms with van der Waals surface area (Å²) in [5.74, 6) is 1.56. The molecule has 0 spiro atoms. The largest absolute Gasteiger partial charge is 0.342 e. The van der Waals surface area contributed by atoms with Crippen molar-refractivity contribution < 1.29 is 4.79 Å². The molecule has 3 rings (SSSR count). The molecule has 102 valence electrons. The molecule has 0 radical (unpaired) electrons. The fourth-order valence-electron chi connectivity index (χ4n) is 3.39. The minimum Gasteiger partial charge on any atom is -0.342 e. The highest BCUT2D eigenvalue weighted by molar-refractivity contribution is 6.18. The minimum absolute atomic E-state index is 0.0824. The zero-order valence-corrected chi connectivity index (χ0v) is 11.9. The Labute approximate surface area is 119 Å². The Balaban J connectivity index is 1.78. The quantitative estimate of drug-likeness (QED) is 0.760. The van der Waals surface area contributed by atoms with E-state index in [1.165, 1.54) is 11.1 Å². The molecule has 2 unspecified atom stereocenters. The van der Waals surface area contributed by atoms with Gasteiger partial charge in [0.2, 0.25) is 5.91 Å². The van der Waals surface area contributed by atoms with Crippen molar-refractivity contribution in [2.75, 3.05) is 19.0 Å². The van der Waals surface area contributed by atoms with Gasteiger partial charge in [0.15, 0.2) is 0 Å². The molecule has 2 atom stereocenters. The van der Waals surface area contributed by atoms with Crippen LogP contribution in [0.15, 0.2) is 24.3 Å². The Morgan fingerprint density at radius 2 is 2.16 bits per heavy atom. The Morgan fingerprint density at radius 3 is 2.95 bits per heavy atom. The van der Waals surface area contributed by atoms with Gasteiger partial charge in [-0.1, -0.05) is 24.3 Å². The third kappa shape index (κ3) is 2.51. The van der Waals surface area contributed by atoms with Gasteiger partial charge in [0, 0.05) is 19.0 Å². The second-order valence-electron chi connectivity index (χ2n) is 5.74. The molecule has 0 N–H and O–H groups in total. The maximum Gasteiger partial charge on any atom is 0.230 e. The molecule has 3 heteroatoms. The number of nitrogens with zero attached hydrogens (tertiary/aromatic N) is 1. The monoisotopic (exact) mass is 277 g/mol. The van der Waals surface area contributed by atoms with E-state index in [0.29, 0.717) is 17.7 Å². The van der Waals surface area contributed by atoms with Crippen LogP contribution in [0.5, 0.6) is 0 Å². The van der Waals surface area contributed by atoms with Crippen molar-refractivity contribution in [3.63, 3.8) is 0 Å². The summed E-state index contributed by atoms with van der Waals surface area (Å²) < 4.78 is 0. The lowest BCUT2D eigenvalue weighted by atomic mass is 9.82. The van der Waals surface area contributed by atoms with E-state index in [0.717, 1.165) is 38.8 Å². The van der Waals surface area contributed by atoms with Crippen LogP contribution in [0.2, 0.25) is 0 Å². The van der Waals surface area contributed by atoms with Crippen molar-refractivity contribution in [2.45, 2.75) is 31.6 Å². The molecule has 2 nitrogen and oxygen atoms in total. The van der Waals surface area contributed by atoms with Crippen LogP contribution in [-0.2, 0) is 11.2 Å². The smallest absolute Gasteiger partial charge is 0.230 e. The van der Waals surface area contributed by atoms with E-state index in [9.17, 15) is 4.79 Å². The number of carbonyl (C=O) groups is 1. The second kappa shape index (κ2) is 5.54. The van der Waals surface area contributed by atoms with Crippen LogP contribution < -0.4 is 0 Å². The fraction of sp³-hybridized carbons (Fsp3) is 0.562. The number of alkyl halides is 1. The number of fused-ring (bicyclic) bond motifs is 1. The Morgan fingerprint density at radius 1 is 1.32 bits per heavy atom. The predicted octanol–water partition coefficient (Wildman–Crippen LogP) is 3.19. The van der Waals surface area contributed by atoms with Gasteiger partial charge in [0.05, 0.1) is 5.92 Å². The van der Waals surface area contributed by atoms with Gasteiger partial charge in [-0.15, -0.1) is 11.6 Å². The highest BCUT2D eigenvalue weighted by Gasteiger charge is 2.33. The molecule has 1 aliphatic heterocycles. The van der Waals surface area contributed by atoms with Gasteiger partial charge in [-0.25, -0.2) is 0 Å². The van der Waals surface area contributed by atoms with E-state index < -0.39 is 0 Å². The van der Waals surface area contributed by atoms with Gasteiger partial charge < -0.3 is 4.90 Å². The van der Waals surface area contributed by atoms with E-state index in [1.807, 2.05) is 4.90 Å². The SMILES string of the molecule is O=C(C1CCCc2ccccc21)N1CCC(CCl)C1. The lowest BCUT2D eigenvalue weighted by Gasteiger charge is -2.28. The molecule has 1 aromatic carbocycles. The van der Waals surface area contributed by atoms with Gasteiger partial charge in [-0.05, 0) is 42.7 Å². The van der Waals surface area contributed by atoms with Crippen LogP contribution >= 0.6 is 11.6 Å². The minimum atomic E-state index is 0.0824. The number of aryl methyl sites for hydroxylation is 1. The molecule has 19 heavy (non-hydrogen) atoms. The zero-order chi connectivity index (χ0) is 13.2. The Bertz CT molecular complexity index is 474. The number of halogens is 1. The van der Waals surface area contributed by atoms with Gasteiger partial charge in [0.1, 0.15) is 0 Å². The van der Waals surface area contributed by atoms with Crippen molar-refractivity contribution in [1.82, 2.24) is 4.90 Å². The van der Waals surface area contributed by atoms with Crippen molar-refractivity contribution in [3.05, 3.63) is 35.4 Å². The van der Waals surface area contributed by atoms with Gasteiger partial charge in [-0.3, -0.25) is 4.79 Å². The number of benzene rings is 1. The number of carbonyl (C=O) groups excluding carboxylic acids is 1. The van der Waals surface area contributed by atoms with Gasteiger partial charge in [-0.2, -0.15) is 0 Å². The van der Waals surface area contributed by atoms with Crippen LogP contribution in [0, 0.1) is 5.92 Å². The molecule has 1 amide bonds.